The Kier molecular flexibility index (Phi) is 6.10. The molecule has 1 aliphatic heterocycles. The first-order valence-corrected chi connectivity index (χ1v) is 13.5. The number of nitrogens with one attached hydrogen (secondary N) is 2. The molecule has 0 spiro atoms. The summed E-state index contributed by atoms with van der Waals surface area (Å²) in [7, 11) is -3.23. The summed E-state index contributed by atoms with van der Waals surface area (Å²) in [4.78, 5) is 22.7. The minimum absolute atomic E-state index is 0.1000. The van der Waals surface area contributed by atoms with Gasteiger partial charge in [-0.25, -0.2) is 13.1 Å². The van der Waals surface area contributed by atoms with E-state index in [2.05, 4.69) is 54.4 Å². The maximum atomic E-state index is 12.7. The number of aromatic amines is 1. The van der Waals surface area contributed by atoms with Crippen molar-refractivity contribution in [1.82, 2.24) is 14.7 Å². The van der Waals surface area contributed by atoms with Crippen molar-refractivity contribution in [2.45, 2.75) is 46.5 Å². The number of benzene rings is 1. The molecular formula is C26H34N4O3S. The fourth-order valence-corrected chi connectivity index (χ4v) is 5.24. The highest BCUT2D eigenvalue weighted by atomic mass is 32.2. The fraction of sp³-hybridized carbons (Fsp3) is 0.462. The number of aryl methyl sites for hydroxylation is 1. The Bertz CT molecular complexity index is 1410. The van der Waals surface area contributed by atoms with Crippen LogP contribution >= 0.6 is 0 Å². The maximum absolute atomic E-state index is 12.7. The second-order valence-electron chi connectivity index (χ2n) is 11.0. The average molecular weight is 483 g/mol. The number of sulfonamides is 1. The predicted octanol–water partition coefficient (Wildman–Crippen LogP) is 3.96. The molecule has 7 nitrogen and oxygen atoms in total. The van der Waals surface area contributed by atoms with Gasteiger partial charge in [0.2, 0.25) is 10.0 Å². The normalized spacial score (nSPS) is 19.2. The van der Waals surface area contributed by atoms with Crippen molar-refractivity contribution >= 4 is 26.6 Å². The van der Waals surface area contributed by atoms with E-state index in [1.165, 1.54) is 6.26 Å². The number of hydrogen-bond acceptors (Lipinski definition) is 5. The third-order valence-corrected chi connectivity index (χ3v) is 7.30. The van der Waals surface area contributed by atoms with Crippen LogP contribution in [0.25, 0.3) is 22.0 Å². The Hall–Kier alpha value is -2.71. The van der Waals surface area contributed by atoms with Crippen LogP contribution in [-0.2, 0) is 15.4 Å². The summed E-state index contributed by atoms with van der Waals surface area (Å²) in [5.74, 6) is 0. The van der Waals surface area contributed by atoms with Gasteiger partial charge < -0.3 is 9.88 Å². The maximum Gasteiger partial charge on any atom is 0.256 e. The van der Waals surface area contributed by atoms with Crippen molar-refractivity contribution in [3.8, 4) is 11.1 Å². The molecule has 1 saturated heterocycles. The lowest BCUT2D eigenvalue weighted by Crippen LogP contribution is -2.37. The van der Waals surface area contributed by atoms with Crippen molar-refractivity contribution in [2.75, 3.05) is 30.8 Å². The summed E-state index contributed by atoms with van der Waals surface area (Å²) in [5, 5.41) is 0.989. The highest BCUT2D eigenvalue weighted by Gasteiger charge is 2.34. The zero-order chi connectivity index (χ0) is 24.9. The van der Waals surface area contributed by atoms with E-state index in [-0.39, 0.29) is 16.4 Å². The molecule has 0 saturated carbocycles. The third-order valence-electron chi connectivity index (χ3n) is 6.63. The lowest BCUT2D eigenvalue weighted by Gasteiger charge is -2.26. The van der Waals surface area contributed by atoms with E-state index < -0.39 is 10.0 Å². The summed E-state index contributed by atoms with van der Waals surface area (Å²) >= 11 is 0. The Morgan fingerprint density at radius 1 is 1.21 bits per heavy atom. The second kappa shape index (κ2) is 8.50. The molecule has 1 fully saturated rings. The number of anilines is 1. The highest BCUT2D eigenvalue weighted by Crippen LogP contribution is 2.37. The van der Waals surface area contributed by atoms with Gasteiger partial charge in [-0.15, -0.1) is 0 Å². The number of nitrogens with zero attached hydrogens (tertiary/aromatic N) is 2. The van der Waals surface area contributed by atoms with Crippen molar-refractivity contribution in [3.63, 3.8) is 0 Å². The standard InChI is InChI=1S/C26H34N4O3S/c1-17-7-8-21(24(31)29-17)18-11-19-12-20(14-27-23(19)22(13-18)25(2,3)4)30-10-9-26(5,16-30)15-28-34(6,32)33/h7-8,11-14,28H,9-10,15-16H2,1-6H3,(H,29,31). The molecule has 0 amide bonds. The van der Waals surface area contributed by atoms with Crippen LogP contribution in [0.3, 0.4) is 0 Å². The van der Waals surface area contributed by atoms with E-state index in [0.29, 0.717) is 12.1 Å². The summed E-state index contributed by atoms with van der Waals surface area (Å²) in [6, 6.07) is 10.1. The van der Waals surface area contributed by atoms with Gasteiger partial charge in [0.15, 0.2) is 0 Å². The Labute approximate surface area is 201 Å². The van der Waals surface area contributed by atoms with Gasteiger partial charge in [0.05, 0.1) is 23.7 Å². The van der Waals surface area contributed by atoms with Gasteiger partial charge in [0.1, 0.15) is 0 Å². The monoisotopic (exact) mass is 482 g/mol. The van der Waals surface area contributed by atoms with Gasteiger partial charge in [-0.3, -0.25) is 9.78 Å². The molecule has 1 atom stereocenters. The van der Waals surface area contributed by atoms with Crippen molar-refractivity contribution in [2.24, 2.45) is 5.41 Å². The van der Waals surface area contributed by atoms with Crippen molar-refractivity contribution in [3.05, 3.63) is 58.1 Å². The number of rotatable bonds is 5. The van der Waals surface area contributed by atoms with Gasteiger partial charge in [0, 0.05) is 41.7 Å². The third kappa shape index (κ3) is 5.18. The Morgan fingerprint density at radius 2 is 1.94 bits per heavy atom. The van der Waals surface area contributed by atoms with E-state index in [1.807, 2.05) is 31.3 Å². The first-order chi connectivity index (χ1) is 15.7. The summed E-state index contributed by atoms with van der Waals surface area (Å²) in [5.41, 5.74) is 4.99. The number of hydrogen-bond donors (Lipinski definition) is 2. The zero-order valence-corrected chi connectivity index (χ0v) is 21.6. The van der Waals surface area contributed by atoms with Crippen LogP contribution in [0.4, 0.5) is 5.69 Å². The first kappa shape index (κ1) is 24.4. The van der Waals surface area contributed by atoms with E-state index in [0.717, 1.165) is 52.9 Å². The van der Waals surface area contributed by atoms with E-state index in [4.69, 9.17) is 4.98 Å². The molecule has 0 aliphatic carbocycles. The summed E-state index contributed by atoms with van der Waals surface area (Å²) in [6.07, 6.45) is 3.99. The highest BCUT2D eigenvalue weighted by molar-refractivity contribution is 7.88. The molecule has 3 aromatic rings. The molecule has 3 heterocycles. The van der Waals surface area contributed by atoms with Gasteiger partial charge >= 0.3 is 0 Å². The Balaban J connectivity index is 1.75. The van der Waals surface area contributed by atoms with Crippen LogP contribution in [0, 0.1) is 12.3 Å². The molecule has 0 bridgehead atoms. The number of pyridine rings is 2. The van der Waals surface area contributed by atoms with E-state index in [1.54, 1.807) is 0 Å². The van der Waals surface area contributed by atoms with Crippen molar-refractivity contribution < 1.29 is 8.42 Å². The number of fused-ring (bicyclic) bond motifs is 1. The topological polar surface area (TPSA) is 95.2 Å². The van der Waals surface area contributed by atoms with Crippen LogP contribution in [0.2, 0.25) is 0 Å². The number of aromatic nitrogens is 2. The van der Waals surface area contributed by atoms with Crippen LogP contribution in [0.5, 0.6) is 0 Å². The molecule has 2 N–H and O–H groups in total. The largest absolute Gasteiger partial charge is 0.370 e. The Morgan fingerprint density at radius 3 is 2.59 bits per heavy atom. The van der Waals surface area contributed by atoms with Gasteiger partial charge in [-0.1, -0.05) is 27.7 Å². The van der Waals surface area contributed by atoms with Crippen LogP contribution in [0.1, 0.15) is 45.4 Å². The summed E-state index contributed by atoms with van der Waals surface area (Å²) in [6.45, 7) is 12.4. The van der Waals surface area contributed by atoms with Crippen LogP contribution < -0.4 is 15.2 Å². The van der Waals surface area contributed by atoms with E-state index >= 15 is 0 Å². The van der Waals surface area contributed by atoms with Gasteiger partial charge in [-0.05, 0) is 60.2 Å². The molecule has 2 aromatic heterocycles. The average Bonchev–Trinajstić information content (AvgIpc) is 3.12. The smallest absolute Gasteiger partial charge is 0.256 e. The minimum Gasteiger partial charge on any atom is -0.370 e. The van der Waals surface area contributed by atoms with Crippen molar-refractivity contribution in [1.29, 1.82) is 0 Å². The quantitative estimate of drug-likeness (QED) is 0.574. The first-order valence-electron chi connectivity index (χ1n) is 11.6. The van der Waals surface area contributed by atoms with E-state index in [9.17, 15) is 13.2 Å². The molecular weight excluding hydrogens is 448 g/mol. The molecule has 1 unspecified atom stereocenters. The zero-order valence-electron chi connectivity index (χ0n) is 20.8. The van der Waals surface area contributed by atoms with Crippen LogP contribution in [0.15, 0.2) is 41.3 Å². The molecule has 4 rings (SSSR count). The molecule has 182 valence electrons. The van der Waals surface area contributed by atoms with Gasteiger partial charge in [-0.2, -0.15) is 0 Å². The lowest BCUT2D eigenvalue weighted by molar-refractivity contribution is 0.367. The molecule has 1 aromatic carbocycles. The predicted molar refractivity (Wildman–Crippen MR) is 139 cm³/mol. The molecule has 8 heteroatoms. The fourth-order valence-electron chi connectivity index (χ4n) is 4.63. The SMILES string of the molecule is Cc1ccc(-c2cc(C(C)(C)C)c3ncc(N4CCC(C)(CNS(C)(=O)=O)C4)cc3c2)c(=O)[nH]1. The van der Waals surface area contributed by atoms with Crippen LogP contribution in [-0.4, -0.2) is 44.3 Å². The minimum atomic E-state index is -3.23. The van der Waals surface area contributed by atoms with Gasteiger partial charge in [0.25, 0.3) is 5.56 Å². The summed E-state index contributed by atoms with van der Waals surface area (Å²) < 4.78 is 25.8. The molecule has 0 radical (unpaired) electrons. The lowest BCUT2D eigenvalue weighted by atomic mass is 9.83. The second-order valence-corrected chi connectivity index (χ2v) is 12.8. The molecule has 34 heavy (non-hydrogen) atoms. The number of H-pyrrole nitrogens is 1. The molecule has 1 aliphatic rings.